The van der Waals surface area contributed by atoms with Crippen LogP contribution in [0.1, 0.15) is 43.9 Å². The first kappa shape index (κ1) is 16.4. The molecule has 3 N–H and O–H groups in total. The number of nitrogens with zero attached hydrogens (tertiary/aromatic N) is 2. The van der Waals surface area contributed by atoms with E-state index in [-0.39, 0.29) is 5.03 Å². The molecular weight excluding hydrogens is 290 g/mol. The number of H-pyrrole nitrogens is 1. The van der Waals surface area contributed by atoms with Crippen LogP contribution in [0.5, 0.6) is 0 Å². The van der Waals surface area contributed by atoms with Gasteiger partial charge in [-0.15, -0.1) is 4.83 Å². The molecule has 120 valence electrons. The standard InChI is InChI=1S/C13H25N5O2S/c1-3-7-14-10-12-11(2)15-16-13(12)21(19,20)17-18-8-5-4-6-9-18/h14,17H,3-10H2,1-2H3,(H,15,16). The summed E-state index contributed by atoms with van der Waals surface area (Å²) in [6.07, 6.45) is 4.21. The first-order chi connectivity index (χ1) is 10.0. The van der Waals surface area contributed by atoms with Gasteiger partial charge in [0, 0.05) is 30.9 Å². The Morgan fingerprint density at radius 1 is 1.29 bits per heavy atom. The van der Waals surface area contributed by atoms with Crippen LogP contribution in [-0.4, -0.2) is 43.3 Å². The third kappa shape index (κ3) is 4.26. The van der Waals surface area contributed by atoms with Crippen LogP contribution >= 0.6 is 0 Å². The number of hydrogen-bond donors (Lipinski definition) is 3. The van der Waals surface area contributed by atoms with Crippen LogP contribution in [0, 0.1) is 6.92 Å². The Kier molecular flexibility index (Phi) is 5.74. The summed E-state index contributed by atoms with van der Waals surface area (Å²) in [5.41, 5.74) is 1.51. The largest absolute Gasteiger partial charge is 0.313 e. The van der Waals surface area contributed by atoms with Gasteiger partial charge in [0.15, 0.2) is 5.03 Å². The number of aromatic nitrogens is 2. The van der Waals surface area contributed by atoms with Crippen LogP contribution in [0.2, 0.25) is 0 Å². The number of piperidine rings is 1. The molecule has 0 aliphatic carbocycles. The second-order valence-electron chi connectivity index (χ2n) is 5.45. The molecule has 8 heteroatoms. The van der Waals surface area contributed by atoms with Gasteiger partial charge in [0.1, 0.15) is 0 Å². The van der Waals surface area contributed by atoms with Gasteiger partial charge in [-0.3, -0.25) is 5.10 Å². The lowest BCUT2D eigenvalue weighted by atomic mass is 10.2. The number of nitrogens with one attached hydrogen (secondary N) is 3. The van der Waals surface area contributed by atoms with Crippen LogP contribution in [-0.2, 0) is 16.6 Å². The lowest BCUT2D eigenvalue weighted by molar-refractivity contribution is 0.199. The average molecular weight is 315 g/mol. The molecule has 1 aromatic rings. The molecule has 7 nitrogen and oxygen atoms in total. The molecule has 1 fully saturated rings. The van der Waals surface area contributed by atoms with Crippen molar-refractivity contribution in [2.24, 2.45) is 0 Å². The first-order valence-corrected chi connectivity index (χ1v) is 9.05. The Morgan fingerprint density at radius 2 is 2.00 bits per heavy atom. The summed E-state index contributed by atoms with van der Waals surface area (Å²) in [7, 11) is -3.61. The van der Waals surface area contributed by atoms with Crippen molar-refractivity contribution in [1.82, 2.24) is 25.4 Å². The lowest BCUT2D eigenvalue weighted by Crippen LogP contribution is -2.45. The predicted octanol–water partition coefficient (Wildman–Crippen LogP) is 0.897. The molecule has 0 amide bonds. The van der Waals surface area contributed by atoms with E-state index in [1.807, 2.05) is 6.92 Å². The Morgan fingerprint density at radius 3 is 2.67 bits per heavy atom. The van der Waals surface area contributed by atoms with Crippen molar-refractivity contribution in [3.05, 3.63) is 11.3 Å². The van der Waals surface area contributed by atoms with E-state index >= 15 is 0 Å². The van der Waals surface area contributed by atoms with Gasteiger partial charge in [0.05, 0.1) is 0 Å². The van der Waals surface area contributed by atoms with Gasteiger partial charge in [-0.1, -0.05) is 13.3 Å². The summed E-state index contributed by atoms with van der Waals surface area (Å²) >= 11 is 0. The van der Waals surface area contributed by atoms with Crippen molar-refractivity contribution in [3.63, 3.8) is 0 Å². The zero-order valence-corrected chi connectivity index (χ0v) is 13.6. The molecule has 0 aromatic carbocycles. The average Bonchev–Trinajstić information content (AvgIpc) is 2.82. The Balaban J connectivity index is 2.11. The van der Waals surface area contributed by atoms with Crippen LogP contribution in [0.25, 0.3) is 0 Å². The fourth-order valence-electron chi connectivity index (χ4n) is 2.45. The van der Waals surface area contributed by atoms with Gasteiger partial charge in [-0.2, -0.15) is 5.10 Å². The molecule has 0 unspecified atom stereocenters. The number of aryl methyl sites for hydroxylation is 1. The zero-order valence-electron chi connectivity index (χ0n) is 12.8. The number of sulfonamides is 1. The van der Waals surface area contributed by atoms with E-state index in [1.54, 1.807) is 5.01 Å². The smallest absolute Gasteiger partial charge is 0.273 e. The van der Waals surface area contributed by atoms with E-state index in [2.05, 4.69) is 27.3 Å². The lowest BCUT2D eigenvalue weighted by Gasteiger charge is -2.26. The van der Waals surface area contributed by atoms with Crippen molar-refractivity contribution in [2.45, 2.75) is 51.1 Å². The minimum atomic E-state index is -3.61. The van der Waals surface area contributed by atoms with Gasteiger partial charge >= 0.3 is 0 Å². The topological polar surface area (TPSA) is 90.1 Å². The molecule has 2 heterocycles. The molecule has 21 heavy (non-hydrogen) atoms. The summed E-state index contributed by atoms with van der Waals surface area (Å²) in [4.78, 5) is 2.65. The molecule has 0 atom stereocenters. The zero-order chi connectivity index (χ0) is 15.3. The van der Waals surface area contributed by atoms with Gasteiger partial charge in [0.2, 0.25) is 0 Å². The highest BCUT2D eigenvalue weighted by atomic mass is 32.2. The fraction of sp³-hybridized carbons (Fsp3) is 0.769. The number of hydrazine groups is 1. The summed E-state index contributed by atoms with van der Waals surface area (Å²) < 4.78 is 25.0. The molecule has 1 saturated heterocycles. The minimum Gasteiger partial charge on any atom is -0.313 e. The predicted molar refractivity (Wildman–Crippen MR) is 81.1 cm³/mol. The highest BCUT2D eigenvalue weighted by Gasteiger charge is 2.26. The maximum absolute atomic E-state index is 12.5. The van der Waals surface area contributed by atoms with Crippen LogP contribution in [0.3, 0.4) is 0 Å². The summed E-state index contributed by atoms with van der Waals surface area (Å²) in [6, 6.07) is 0. The van der Waals surface area contributed by atoms with Crippen LogP contribution in [0.15, 0.2) is 5.03 Å². The summed E-state index contributed by atoms with van der Waals surface area (Å²) in [6.45, 7) is 6.79. The van der Waals surface area contributed by atoms with E-state index in [0.29, 0.717) is 12.1 Å². The van der Waals surface area contributed by atoms with Crippen LogP contribution in [0.4, 0.5) is 0 Å². The van der Waals surface area contributed by atoms with Gasteiger partial charge in [-0.25, -0.2) is 13.4 Å². The molecule has 0 bridgehead atoms. The van der Waals surface area contributed by atoms with Crippen molar-refractivity contribution < 1.29 is 8.42 Å². The monoisotopic (exact) mass is 315 g/mol. The van der Waals surface area contributed by atoms with E-state index in [4.69, 9.17) is 0 Å². The molecular formula is C13H25N5O2S. The van der Waals surface area contributed by atoms with Crippen LogP contribution < -0.4 is 10.1 Å². The van der Waals surface area contributed by atoms with E-state index in [9.17, 15) is 8.42 Å². The van der Waals surface area contributed by atoms with Gasteiger partial charge in [0.25, 0.3) is 10.0 Å². The Hall–Kier alpha value is -0.960. The van der Waals surface area contributed by atoms with E-state index in [0.717, 1.165) is 51.0 Å². The van der Waals surface area contributed by atoms with E-state index in [1.165, 1.54) is 0 Å². The Bertz CT molecular complexity index is 549. The third-order valence-electron chi connectivity index (χ3n) is 3.62. The van der Waals surface area contributed by atoms with Gasteiger partial charge < -0.3 is 5.32 Å². The molecule has 0 saturated carbocycles. The van der Waals surface area contributed by atoms with E-state index < -0.39 is 10.0 Å². The van der Waals surface area contributed by atoms with Crippen molar-refractivity contribution in [3.8, 4) is 0 Å². The maximum atomic E-state index is 12.5. The minimum absolute atomic E-state index is 0.106. The maximum Gasteiger partial charge on any atom is 0.273 e. The summed E-state index contributed by atoms with van der Waals surface area (Å²) in [5.74, 6) is 0. The fourth-order valence-corrected chi connectivity index (χ4v) is 3.77. The molecule has 1 aliphatic rings. The quantitative estimate of drug-likeness (QED) is 0.650. The first-order valence-electron chi connectivity index (χ1n) is 7.56. The number of hydrogen-bond acceptors (Lipinski definition) is 5. The number of rotatable bonds is 7. The summed E-state index contributed by atoms with van der Waals surface area (Å²) in [5, 5.41) is 11.9. The molecule has 1 aliphatic heterocycles. The molecule has 0 spiro atoms. The second-order valence-corrected chi connectivity index (χ2v) is 7.03. The van der Waals surface area contributed by atoms with Gasteiger partial charge in [-0.05, 0) is 32.7 Å². The SMILES string of the molecule is CCCNCc1c(S(=O)(=O)NN2CCCCC2)n[nH]c1C. The normalized spacial score (nSPS) is 17.2. The van der Waals surface area contributed by atoms with Crippen molar-refractivity contribution in [1.29, 1.82) is 0 Å². The van der Waals surface area contributed by atoms with Crippen molar-refractivity contribution in [2.75, 3.05) is 19.6 Å². The highest BCUT2D eigenvalue weighted by Crippen LogP contribution is 2.17. The molecule has 0 radical (unpaired) electrons. The number of aromatic amines is 1. The molecule has 2 rings (SSSR count). The Labute approximate surface area is 126 Å². The third-order valence-corrected chi connectivity index (χ3v) is 4.97. The van der Waals surface area contributed by atoms with Crippen molar-refractivity contribution >= 4 is 10.0 Å². The second kappa shape index (κ2) is 7.35. The molecule has 1 aromatic heterocycles. The highest BCUT2D eigenvalue weighted by molar-refractivity contribution is 7.89.